The van der Waals surface area contributed by atoms with E-state index in [-0.39, 0.29) is 5.70 Å². The summed E-state index contributed by atoms with van der Waals surface area (Å²) in [4.78, 5) is 25.9. The van der Waals surface area contributed by atoms with E-state index >= 15 is 0 Å². The summed E-state index contributed by atoms with van der Waals surface area (Å²) in [5.41, 5.74) is 1.44. The van der Waals surface area contributed by atoms with Gasteiger partial charge in [-0.3, -0.25) is 4.79 Å². The number of hydrogen-bond donors (Lipinski definition) is 1. The fraction of sp³-hybridized carbons (Fsp3) is 0.0588. The number of nitrogens with one attached hydrogen (secondary N) is 1. The second-order valence-corrected chi connectivity index (χ2v) is 7.89. The lowest BCUT2D eigenvalue weighted by Gasteiger charge is -2.11. The predicted molar refractivity (Wildman–Crippen MR) is 114 cm³/mol. The lowest BCUT2D eigenvalue weighted by atomic mass is 10.2. The largest absolute Gasteiger partial charge is 0.495 e. The molecule has 1 fully saturated rings. The van der Waals surface area contributed by atoms with Gasteiger partial charge in [0.15, 0.2) is 0 Å². The molecular weight excluding hydrogens is 569 g/mol. The molecule has 0 atom stereocenters. The summed E-state index contributed by atoms with van der Waals surface area (Å²) in [7, 11) is 1.61. The van der Waals surface area contributed by atoms with Crippen LogP contribution < -0.4 is 15.0 Å². The molecule has 3 amide bonds. The number of halogens is 3. The second-order valence-electron chi connectivity index (χ2n) is 5.13. The maximum absolute atomic E-state index is 12.6. The van der Waals surface area contributed by atoms with Gasteiger partial charge in [0.05, 0.1) is 19.9 Å². The fourth-order valence-corrected chi connectivity index (χ4v) is 4.85. The quantitative estimate of drug-likeness (QED) is 0.327. The van der Waals surface area contributed by atoms with Gasteiger partial charge in [0.25, 0.3) is 5.91 Å². The molecule has 0 aromatic heterocycles. The van der Waals surface area contributed by atoms with Crippen LogP contribution in [0.2, 0.25) is 5.02 Å². The van der Waals surface area contributed by atoms with Crippen molar-refractivity contribution in [3.63, 3.8) is 0 Å². The van der Waals surface area contributed by atoms with E-state index in [4.69, 9.17) is 16.3 Å². The van der Waals surface area contributed by atoms with Gasteiger partial charge >= 0.3 is 6.03 Å². The molecule has 0 radical (unpaired) electrons. The molecule has 8 heteroatoms. The van der Waals surface area contributed by atoms with Crippen LogP contribution in [0.1, 0.15) is 5.56 Å². The summed E-state index contributed by atoms with van der Waals surface area (Å²) in [6, 6.07) is 9.87. The highest BCUT2D eigenvalue weighted by atomic mass is 127. The first kappa shape index (κ1) is 18.5. The van der Waals surface area contributed by atoms with Gasteiger partial charge in [-0.05, 0) is 87.2 Å². The number of amides is 3. The number of imide groups is 1. The average molecular weight is 581 g/mol. The molecule has 1 aliphatic rings. The van der Waals surface area contributed by atoms with E-state index in [9.17, 15) is 9.59 Å². The van der Waals surface area contributed by atoms with E-state index in [0.29, 0.717) is 10.7 Å². The van der Waals surface area contributed by atoms with E-state index < -0.39 is 11.9 Å². The van der Waals surface area contributed by atoms with Crippen molar-refractivity contribution >= 4 is 80.5 Å². The number of rotatable bonds is 3. The van der Waals surface area contributed by atoms with Crippen LogP contribution in [0, 0.1) is 7.14 Å². The van der Waals surface area contributed by atoms with Crippen LogP contribution in [-0.2, 0) is 4.79 Å². The number of carbonyl (C=O) groups is 2. The SMILES string of the molecule is COc1c(I)cc(/C=C2/NC(=O)N(c3cccc(Cl)c3)C2=O)cc1I. The van der Waals surface area contributed by atoms with Crippen LogP contribution in [0.15, 0.2) is 42.1 Å². The van der Waals surface area contributed by atoms with Gasteiger partial charge in [0.1, 0.15) is 11.4 Å². The van der Waals surface area contributed by atoms with Gasteiger partial charge in [-0.1, -0.05) is 17.7 Å². The van der Waals surface area contributed by atoms with Crippen molar-refractivity contribution in [3.8, 4) is 5.75 Å². The van der Waals surface area contributed by atoms with Crippen molar-refractivity contribution < 1.29 is 14.3 Å². The monoisotopic (exact) mass is 580 g/mol. The van der Waals surface area contributed by atoms with Gasteiger partial charge in [-0.15, -0.1) is 0 Å². The summed E-state index contributed by atoms with van der Waals surface area (Å²) in [5.74, 6) is 0.360. The first-order chi connectivity index (χ1) is 11.9. The molecule has 0 saturated carbocycles. The lowest BCUT2D eigenvalue weighted by molar-refractivity contribution is -0.113. The number of ether oxygens (including phenoxy) is 1. The van der Waals surface area contributed by atoms with Crippen LogP contribution in [0.4, 0.5) is 10.5 Å². The number of benzene rings is 2. The molecule has 1 saturated heterocycles. The van der Waals surface area contributed by atoms with Crippen LogP contribution in [-0.4, -0.2) is 19.0 Å². The Hall–Kier alpha value is -1.33. The second kappa shape index (κ2) is 7.50. The van der Waals surface area contributed by atoms with Crippen molar-refractivity contribution in [2.45, 2.75) is 0 Å². The molecule has 1 N–H and O–H groups in total. The van der Waals surface area contributed by atoms with Crippen molar-refractivity contribution in [1.82, 2.24) is 5.32 Å². The molecule has 128 valence electrons. The Morgan fingerprint density at radius 1 is 1.16 bits per heavy atom. The van der Waals surface area contributed by atoms with Crippen molar-refractivity contribution in [2.75, 3.05) is 12.0 Å². The van der Waals surface area contributed by atoms with Gasteiger partial charge in [-0.2, -0.15) is 0 Å². The molecular formula is C17H11ClI2N2O3. The Bertz CT molecular complexity index is 892. The fourth-order valence-electron chi connectivity index (χ4n) is 2.41. The van der Waals surface area contributed by atoms with E-state index in [2.05, 4.69) is 50.5 Å². The average Bonchev–Trinajstić information content (AvgIpc) is 2.81. The number of nitrogens with zero attached hydrogens (tertiary/aromatic N) is 1. The standard InChI is InChI=1S/C17H11ClI2N2O3/c1-25-15-12(19)5-9(6-13(15)20)7-14-16(23)22(17(24)21-14)11-4-2-3-10(18)8-11/h2-8H,1H3,(H,21,24)/b14-7+. The summed E-state index contributed by atoms with van der Waals surface area (Å²) in [6.45, 7) is 0. The van der Waals surface area contributed by atoms with Crippen LogP contribution in [0.5, 0.6) is 5.75 Å². The third-order valence-corrected chi connectivity index (χ3v) is 5.32. The number of methoxy groups -OCH3 is 1. The van der Waals surface area contributed by atoms with Gasteiger partial charge in [0.2, 0.25) is 0 Å². The smallest absolute Gasteiger partial charge is 0.333 e. The molecule has 0 spiro atoms. The van der Waals surface area contributed by atoms with Crippen molar-refractivity contribution in [1.29, 1.82) is 0 Å². The van der Waals surface area contributed by atoms with Crippen molar-refractivity contribution in [3.05, 3.63) is 59.8 Å². The molecule has 5 nitrogen and oxygen atoms in total. The summed E-state index contributed by atoms with van der Waals surface area (Å²) >= 11 is 10.3. The van der Waals surface area contributed by atoms with E-state index in [1.807, 2.05) is 12.1 Å². The minimum absolute atomic E-state index is 0.210. The maximum atomic E-state index is 12.6. The van der Waals surface area contributed by atoms with Crippen LogP contribution >= 0.6 is 56.8 Å². The topological polar surface area (TPSA) is 58.6 Å². The van der Waals surface area contributed by atoms with Gasteiger partial charge in [0, 0.05) is 5.02 Å². The van der Waals surface area contributed by atoms with E-state index in [0.717, 1.165) is 23.4 Å². The first-order valence-electron chi connectivity index (χ1n) is 7.06. The van der Waals surface area contributed by atoms with E-state index in [1.165, 1.54) is 0 Å². The Kier molecular flexibility index (Phi) is 5.54. The summed E-state index contributed by atoms with van der Waals surface area (Å²) in [5, 5.41) is 3.06. The molecule has 0 unspecified atom stereocenters. The summed E-state index contributed by atoms with van der Waals surface area (Å²) in [6.07, 6.45) is 1.65. The molecule has 25 heavy (non-hydrogen) atoms. The third-order valence-electron chi connectivity index (χ3n) is 3.48. The number of anilines is 1. The van der Waals surface area contributed by atoms with Crippen LogP contribution in [0.25, 0.3) is 6.08 Å². The number of hydrogen-bond acceptors (Lipinski definition) is 3. The highest BCUT2D eigenvalue weighted by Gasteiger charge is 2.34. The van der Waals surface area contributed by atoms with Crippen molar-refractivity contribution in [2.24, 2.45) is 0 Å². The normalized spacial score (nSPS) is 15.7. The third kappa shape index (κ3) is 3.77. The first-order valence-corrected chi connectivity index (χ1v) is 9.60. The Balaban J connectivity index is 1.96. The zero-order valence-corrected chi connectivity index (χ0v) is 17.9. The molecule has 2 aromatic rings. The maximum Gasteiger partial charge on any atom is 0.333 e. The number of carbonyl (C=O) groups excluding carboxylic acids is 2. The summed E-state index contributed by atoms with van der Waals surface area (Å²) < 4.78 is 7.17. The minimum atomic E-state index is -0.503. The molecule has 3 rings (SSSR count). The zero-order valence-electron chi connectivity index (χ0n) is 12.8. The van der Waals surface area contributed by atoms with Gasteiger partial charge < -0.3 is 10.1 Å². The Morgan fingerprint density at radius 2 is 1.84 bits per heavy atom. The molecule has 1 heterocycles. The highest BCUT2D eigenvalue weighted by Crippen LogP contribution is 2.30. The van der Waals surface area contributed by atoms with E-state index in [1.54, 1.807) is 37.5 Å². The zero-order chi connectivity index (χ0) is 18.1. The molecule has 0 bridgehead atoms. The van der Waals surface area contributed by atoms with Gasteiger partial charge in [-0.25, -0.2) is 9.69 Å². The Morgan fingerprint density at radius 3 is 2.44 bits per heavy atom. The Labute approximate surface area is 176 Å². The molecule has 1 aliphatic heterocycles. The molecule has 2 aromatic carbocycles. The van der Waals surface area contributed by atoms with Crippen LogP contribution in [0.3, 0.4) is 0 Å². The molecule has 0 aliphatic carbocycles. The predicted octanol–water partition coefficient (Wildman–Crippen LogP) is 4.66. The lowest BCUT2D eigenvalue weighted by Crippen LogP contribution is -2.30. The minimum Gasteiger partial charge on any atom is -0.495 e. The highest BCUT2D eigenvalue weighted by molar-refractivity contribution is 14.1. The number of urea groups is 1.